The predicted molar refractivity (Wildman–Crippen MR) is 113 cm³/mol. The van der Waals surface area contributed by atoms with E-state index in [1.807, 2.05) is 39.8 Å². The van der Waals surface area contributed by atoms with Crippen LogP contribution < -0.4 is 14.2 Å². The Labute approximate surface area is 174 Å². The largest absolute Gasteiger partial charge is 0.493 e. The summed E-state index contributed by atoms with van der Waals surface area (Å²) >= 11 is 0. The number of azo groups is 1. The summed E-state index contributed by atoms with van der Waals surface area (Å²) in [5.41, 5.74) is 2.15. The zero-order chi connectivity index (χ0) is 21.7. The van der Waals surface area contributed by atoms with Crippen LogP contribution in [0.1, 0.15) is 36.7 Å². The van der Waals surface area contributed by atoms with Gasteiger partial charge in [0.1, 0.15) is 0 Å². The van der Waals surface area contributed by atoms with Gasteiger partial charge in [-0.25, -0.2) is 0 Å². The average Bonchev–Trinajstić information content (AvgIpc) is 3.05. The number of amides is 1. The fraction of sp³-hybridized carbons (Fsp3) is 0.318. The number of carbonyl (C=O) groups is 1. The first-order valence-electron chi connectivity index (χ1n) is 9.82. The minimum absolute atomic E-state index is 0.146. The quantitative estimate of drug-likeness (QED) is 0.489. The molecule has 2 aromatic carbocycles. The second kappa shape index (κ2) is 9.30. The van der Waals surface area contributed by atoms with Crippen molar-refractivity contribution in [2.24, 2.45) is 10.2 Å². The molecule has 1 heterocycles. The van der Waals surface area contributed by atoms with Gasteiger partial charge in [0.15, 0.2) is 17.2 Å². The summed E-state index contributed by atoms with van der Waals surface area (Å²) in [6, 6.07) is 8.67. The van der Waals surface area contributed by atoms with Crippen LogP contribution in [0.15, 0.2) is 40.6 Å². The second-order valence-electron chi connectivity index (χ2n) is 6.43. The van der Waals surface area contributed by atoms with Crippen LogP contribution in [0.2, 0.25) is 0 Å². The zero-order valence-electron chi connectivity index (χ0n) is 17.5. The number of ether oxygens (including phenoxy) is 3. The lowest BCUT2D eigenvalue weighted by molar-refractivity contribution is 0.0994. The van der Waals surface area contributed by atoms with Gasteiger partial charge in [0, 0.05) is 5.39 Å². The van der Waals surface area contributed by atoms with Gasteiger partial charge in [0.2, 0.25) is 11.6 Å². The first-order chi connectivity index (χ1) is 14.5. The maximum atomic E-state index is 12.7. The minimum Gasteiger partial charge on any atom is -0.493 e. The van der Waals surface area contributed by atoms with Crippen molar-refractivity contribution in [3.63, 3.8) is 0 Å². The molecule has 0 fully saturated rings. The Kier molecular flexibility index (Phi) is 6.56. The summed E-state index contributed by atoms with van der Waals surface area (Å²) < 4.78 is 16.9. The maximum Gasteiger partial charge on any atom is 0.295 e. The smallest absolute Gasteiger partial charge is 0.295 e. The Morgan fingerprint density at radius 1 is 1.03 bits per heavy atom. The van der Waals surface area contributed by atoms with Crippen LogP contribution in [0.25, 0.3) is 10.9 Å². The maximum absolute atomic E-state index is 12.7. The third-order valence-corrected chi connectivity index (χ3v) is 4.39. The highest BCUT2D eigenvalue weighted by Crippen LogP contribution is 2.40. The van der Waals surface area contributed by atoms with E-state index in [0.717, 1.165) is 11.1 Å². The van der Waals surface area contributed by atoms with E-state index in [0.29, 0.717) is 42.5 Å². The number of benzene rings is 2. The molecule has 0 aliphatic carbocycles. The van der Waals surface area contributed by atoms with Gasteiger partial charge in [-0.05, 0) is 45.4 Å². The van der Waals surface area contributed by atoms with Crippen molar-refractivity contribution in [2.75, 3.05) is 19.8 Å². The van der Waals surface area contributed by atoms with E-state index in [1.165, 1.54) is 0 Å². The SMILES string of the molecule is CCOc1cc(C(=O)N=Nc2c(O)[nH]c3c(C)cccc23)cc(OCC)c1OCC. The number of hydrogen-bond acceptors (Lipinski definition) is 6. The molecule has 3 rings (SSSR count). The van der Waals surface area contributed by atoms with Crippen LogP contribution in [0.3, 0.4) is 0 Å². The summed E-state index contributed by atoms with van der Waals surface area (Å²) in [6.45, 7) is 8.66. The number of H-pyrrole nitrogens is 1. The van der Waals surface area contributed by atoms with Gasteiger partial charge >= 0.3 is 0 Å². The Hall–Kier alpha value is -3.55. The Bertz CT molecular complexity index is 1060. The Morgan fingerprint density at radius 2 is 1.67 bits per heavy atom. The minimum atomic E-state index is -0.596. The van der Waals surface area contributed by atoms with Crippen molar-refractivity contribution in [3.05, 3.63) is 41.5 Å². The van der Waals surface area contributed by atoms with Crippen LogP contribution in [0.4, 0.5) is 5.69 Å². The summed E-state index contributed by atoms with van der Waals surface area (Å²) in [5.74, 6) is 0.497. The van der Waals surface area contributed by atoms with Gasteiger partial charge < -0.3 is 24.3 Å². The number of hydrogen-bond donors (Lipinski definition) is 2. The predicted octanol–water partition coefficient (Wildman–Crippen LogP) is 5.30. The van der Waals surface area contributed by atoms with E-state index < -0.39 is 5.91 Å². The van der Waals surface area contributed by atoms with Crippen molar-refractivity contribution in [1.29, 1.82) is 0 Å². The summed E-state index contributed by atoms with van der Waals surface area (Å²) in [5, 5.41) is 18.7. The third-order valence-electron chi connectivity index (χ3n) is 4.39. The van der Waals surface area contributed by atoms with Crippen LogP contribution in [0, 0.1) is 6.92 Å². The summed E-state index contributed by atoms with van der Waals surface area (Å²) in [4.78, 5) is 15.6. The monoisotopic (exact) mass is 411 g/mol. The fourth-order valence-electron chi connectivity index (χ4n) is 3.10. The van der Waals surface area contributed by atoms with Crippen molar-refractivity contribution >= 4 is 22.5 Å². The molecule has 3 aromatic rings. The van der Waals surface area contributed by atoms with Crippen molar-refractivity contribution in [2.45, 2.75) is 27.7 Å². The number of aryl methyl sites for hydroxylation is 1. The van der Waals surface area contributed by atoms with E-state index in [1.54, 1.807) is 18.2 Å². The van der Waals surface area contributed by atoms with Gasteiger partial charge in [0.05, 0.1) is 30.9 Å². The number of rotatable bonds is 8. The molecule has 0 aliphatic rings. The molecule has 8 heteroatoms. The van der Waals surface area contributed by atoms with Crippen molar-refractivity contribution in [1.82, 2.24) is 4.98 Å². The van der Waals surface area contributed by atoms with Crippen molar-refractivity contribution in [3.8, 4) is 23.1 Å². The molecule has 2 N–H and O–H groups in total. The summed E-state index contributed by atoms with van der Waals surface area (Å²) in [6.07, 6.45) is 0. The lowest BCUT2D eigenvalue weighted by atomic mass is 10.1. The number of aromatic nitrogens is 1. The molecule has 30 heavy (non-hydrogen) atoms. The fourth-order valence-corrected chi connectivity index (χ4v) is 3.10. The first kappa shape index (κ1) is 21.2. The summed E-state index contributed by atoms with van der Waals surface area (Å²) in [7, 11) is 0. The molecule has 0 unspecified atom stereocenters. The lowest BCUT2D eigenvalue weighted by Crippen LogP contribution is -2.05. The highest BCUT2D eigenvalue weighted by atomic mass is 16.5. The van der Waals surface area contributed by atoms with Crippen LogP contribution in [0.5, 0.6) is 23.1 Å². The molecule has 0 bridgehead atoms. The van der Waals surface area contributed by atoms with E-state index in [4.69, 9.17) is 14.2 Å². The normalized spacial score (nSPS) is 11.2. The molecule has 8 nitrogen and oxygen atoms in total. The highest BCUT2D eigenvalue weighted by Gasteiger charge is 2.19. The Balaban J connectivity index is 1.99. The molecule has 0 spiro atoms. The van der Waals surface area contributed by atoms with Gasteiger partial charge in [0.25, 0.3) is 5.91 Å². The second-order valence-corrected chi connectivity index (χ2v) is 6.43. The molecule has 0 saturated heterocycles. The number of aromatic hydroxyl groups is 1. The molecule has 0 radical (unpaired) electrons. The zero-order valence-corrected chi connectivity index (χ0v) is 17.5. The topological polar surface area (TPSA) is 106 Å². The van der Waals surface area contributed by atoms with Gasteiger partial charge in [-0.1, -0.05) is 18.2 Å². The number of aromatic amines is 1. The lowest BCUT2D eigenvalue weighted by Gasteiger charge is -2.16. The van der Waals surface area contributed by atoms with E-state index >= 15 is 0 Å². The number of nitrogens with one attached hydrogen (secondary N) is 1. The van der Waals surface area contributed by atoms with E-state index in [9.17, 15) is 9.90 Å². The molecule has 0 aliphatic heterocycles. The van der Waals surface area contributed by atoms with Gasteiger partial charge in [-0.3, -0.25) is 4.79 Å². The van der Waals surface area contributed by atoms with Crippen LogP contribution >= 0.6 is 0 Å². The third kappa shape index (κ3) is 4.22. The molecular formula is C22H25N3O5. The van der Waals surface area contributed by atoms with Gasteiger partial charge in [-0.2, -0.15) is 0 Å². The van der Waals surface area contributed by atoms with Crippen LogP contribution in [-0.2, 0) is 0 Å². The number of fused-ring (bicyclic) bond motifs is 1. The number of carbonyl (C=O) groups excluding carboxylic acids is 1. The average molecular weight is 411 g/mol. The van der Waals surface area contributed by atoms with E-state index in [-0.39, 0.29) is 17.1 Å². The molecule has 0 saturated carbocycles. The number of nitrogens with zero attached hydrogens (tertiary/aromatic N) is 2. The number of para-hydroxylation sites is 1. The van der Waals surface area contributed by atoms with Crippen molar-refractivity contribution < 1.29 is 24.1 Å². The van der Waals surface area contributed by atoms with Crippen LogP contribution in [-0.4, -0.2) is 35.8 Å². The molecule has 1 amide bonds. The molecular weight excluding hydrogens is 386 g/mol. The highest BCUT2D eigenvalue weighted by molar-refractivity contribution is 5.98. The Morgan fingerprint density at radius 3 is 2.27 bits per heavy atom. The first-order valence-corrected chi connectivity index (χ1v) is 9.82. The molecule has 1 aromatic heterocycles. The molecule has 0 atom stereocenters. The standard InChI is InChI=1S/C22H25N3O5/c1-5-28-16-11-14(12-17(29-6-2)20(16)30-7-3)21(26)25-24-19-15-10-8-9-13(4)18(15)23-22(19)27/h8-12,23,27H,5-7H2,1-4H3. The molecule has 158 valence electrons. The van der Waals surface area contributed by atoms with Gasteiger partial charge in [-0.15, -0.1) is 10.2 Å². The van der Waals surface area contributed by atoms with E-state index in [2.05, 4.69) is 15.2 Å².